The standard InChI is InChI=1S/C17H27NO2/c1-6-19-14-10-8-7-9-12(14)15(18)13-11-16(2,3)20-17(13,4)5/h7-10,13,15H,6,11,18H2,1-5H3. The van der Waals surface area contributed by atoms with Gasteiger partial charge in [0, 0.05) is 17.5 Å². The minimum absolute atomic E-state index is 0.0745. The van der Waals surface area contributed by atoms with Gasteiger partial charge in [0.1, 0.15) is 5.75 Å². The summed E-state index contributed by atoms with van der Waals surface area (Å²) in [4.78, 5) is 0. The summed E-state index contributed by atoms with van der Waals surface area (Å²) in [7, 11) is 0. The molecule has 1 aromatic carbocycles. The molecule has 0 aliphatic carbocycles. The van der Waals surface area contributed by atoms with Gasteiger partial charge in [-0.25, -0.2) is 0 Å². The van der Waals surface area contributed by atoms with Crippen LogP contribution in [0.2, 0.25) is 0 Å². The van der Waals surface area contributed by atoms with Gasteiger partial charge in [-0.15, -0.1) is 0 Å². The summed E-state index contributed by atoms with van der Waals surface area (Å²) in [5.74, 6) is 1.17. The van der Waals surface area contributed by atoms with Gasteiger partial charge in [-0.2, -0.15) is 0 Å². The van der Waals surface area contributed by atoms with Crippen LogP contribution in [0.1, 0.15) is 52.6 Å². The summed E-state index contributed by atoms with van der Waals surface area (Å²) in [6, 6.07) is 7.99. The lowest BCUT2D eigenvalue weighted by atomic mass is 9.79. The summed E-state index contributed by atoms with van der Waals surface area (Å²) < 4.78 is 11.9. The van der Waals surface area contributed by atoms with Crippen LogP contribution < -0.4 is 10.5 Å². The minimum Gasteiger partial charge on any atom is -0.494 e. The quantitative estimate of drug-likeness (QED) is 0.913. The van der Waals surface area contributed by atoms with Crippen LogP contribution in [0.15, 0.2) is 24.3 Å². The zero-order chi connectivity index (χ0) is 15.0. The van der Waals surface area contributed by atoms with Gasteiger partial charge < -0.3 is 15.2 Å². The molecule has 2 unspecified atom stereocenters. The van der Waals surface area contributed by atoms with Crippen LogP contribution in [0.25, 0.3) is 0 Å². The van der Waals surface area contributed by atoms with E-state index >= 15 is 0 Å². The van der Waals surface area contributed by atoms with E-state index in [0.717, 1.165) is 17.7 Å². The topological polar surface area (TPSA) is 44.5 Å². The van der Waals surface area contributed by atoms with Crippen LogP contribution >= 0.6 is 0 Å². The van der Waals surface area contributed by atoms with E-state index in [1.807, 2.05) is 25.1 Å². The fourth-order valence-corrected chi connectivity index (χ4v) is 3.42. The van der Waals surface area contributed by atoms with Crippen molar-refractivity contribution in [2.24, 2.45) is 11.7 Å². The first-order chi connectivity index (χ1) is 9.27. The fourth-order valence-electron chi connectivity index (χ4n) is 3.42. The summed E-state index contributed by atoms with van der Waals surface area (Å²) in [6.07, 6.45) is 0.960. The Morgan fingerprint density at radius 3 is 2.50 bits per heavy atom. The SMILES string of the molecule is CCOc1ccccc1C(N)C1CC(C)(C)OC1(C)C. The molecule has 2 atom stereocenters. The van der Waals surface area contributed by atoms with E-state index in [-0.39, 0.29) is 23.2 Å². The first kappa shape index (κ1) is 15.3. The van der Waals surface area contributed by atoms with E-state index in [1.54, 1.807) is 0 Å². The summed E-state index contributed by atoms with van der Waals surface area (Å²) in [5, 5.41) is 0. The van der Waals surface area contributed by atoms with E-state index in [1.165, 1.54) is 0 Å². The maximum Gasteiger partial charge on any atom is 0.124 e. The molecule has 2 rings (SSSR count). The average Bonchev–Trinajstić information content (AvgIpc) is 2.57. The van der Waals surface area contributed by atoms with Crippen molar-refractivity contribution in [1.82, 2.24) is 0 Å². The summed E-state index contributed by atoms with van der Waals surface area (Å²) in [6.45, 7) is 11.2. The molecular weight excluding hydrogens is 250 g/mol. The first-order valence-electron chi connectivity index (χ1n) is 7.44. The zero-order valence-corrected chi connectivity index (χ0v) is 13.3. The van der Waals surface area contributed by atoms with Crippen molar-refractivity contribution in [2.75, 3.05) is 6.61 Å². The molecular formula is C17H27NO2. The third kappa shape index (κ3) is 2.99. The van der Waals surface area contributed by atoms with Gasteiger partial charge >= 0.3 is 0 Å². The highest BCUT2D eigenvalue weighted by molar-refractivity contribution is 5.36. The van der Waals surface area contributed by atoms with Gasteiger partial charge in [0.05, 0.1) is 17.8 Å². The number of nitrogens with two attached hydrogens (primary N) is 1. The summed E-state index contributed by atoms with van der Waals surface area (Å²) in [5.41, 5.74) is 7.31. The first-order valence-corrected chi connectivity index (χ1v) is 7.44. The second-order valence-corrected chi connectivity index (χ2v) is 6.77. The molecule has 1 aromatic rings. The van der Waals surface area contributed by atoms with E-state index in [9.17, 15) is 0 Å². The van der Waals surface area contributed by atoms with Crippen molar-refractivity contribution in [3.8, 4) is 5.75 Å². The van der Waals surface area contributed by atoms with Crippen molar-refractivity contribution < 1.29 is 9.47 Å². The minimum atomic E-state index is -0.220. The lowest BCUT2D eigenvalue weighted by Gasteiger charge is -2.31. The van der Waals surface area contributed by atoms with E-state index in [0.29, 0.717) is 6.61 Å². The van der Waals surface area contributed by atoms with Crippen LogP contribution in [-0.2, 0) is 4.74 Å². The molecule has 1 fully saturated rings. The third-order valence-electron chi connectivity index (χ3n) is 4.16. The van der Waals surface area contributed by atoms with Crippen molar-refractivity contribution in [3.63, 3.8) is 0 Å². The molecule has 3 nitrogen and oxygen atoms in total. The maximum atomic E-state index is 6.57. The van der Waals surface area contributed by atoms with Crippen molar-refractivity contribution >= 4 is 0 Å². The van der Waals surface area contributed by atoms with Crippen LogP contribution in [0, 0.1) is 5.92 Å². The van der Waals surface area contributed by atoms with Crippen LogP contribution in [-0.4, -0.2) is 17.8 Å². The molecule has 112 valence electrons. The van der Waals surface area contributed by atoms with Crippen molar-refractivity contribution in [3.05, 3.63) is 29.8 Å². The lowest BCUT2D eigenvalue weighted by molar-refractivity contribution is -0.0767. The largest absolute Gasteiger partial charge is 0.494 e. The van der Waals surface area contributed by atoms with Crippen molar-refractivity contribution in [1.29, 1.82) is 0 Å². The van der Waals surface area contributed by atoms with Gasteiger partial charge in [0.2, 0.25) is 0 Å². The Hall–Kier alpha value is -1.06. The predicted molar refractivity (Wildman–Crippen MR) is 81.9 cm³/mol. The lowest BCUT2D eigenvalue weighted by Crippen LogP contribution is -2.36. The Balaban J connectivity index is 2.30. The number of hydrogen-bond donors (Lipinski definition) is 1. The molecule has 0 amide bonds. The van der Waals surface area contributed by atoms with Gasteiger partial charge in [0.15, 0.2) is 0 Å². The second kappa shape index (κ2) is 5.38. The Labute approximate surface area is 122 Å². The van der Waals surface area contributed by atoms with Gasteiger partial charge in [-0.05, 0) is 47.1 Å². The molecule has 3 heteroatoms. The number of hydrogen-bond acceptors (Lipinski definition) is 3. The Morgan fingerprint density at radius 1 is 1.30 bits per heavy atom. The molecule has 0 bridgehead atoms. The second-order valence-electron chi connectivity index (χ2n) is 6.77. The van der Waals surface area contributed by atoms with Gasteiger partial charge in [-0.1, -0.05) is 18.2 Å². The average molecular weight is 277 g/mol. The van der Waals surface area contributed by atoms with E-state index in [2.05, 4.69) is 33.8 Å². The molecule has 1 heterocycles. The smallest absolute Gasteiger partial charge is 0.124 e. The van der Waals surface area contributed by atoms with Crippen LogP contribution in [0.3, 0.4) is 0 Å². The Morgan fingerprint density at radius 2 is 1.95 bits per heavy atom. The molecule has 1 aliphatic rings. The number of para-hydroxylation sites is 1. The highest BCUT2D eigenvalue weighted by Gasteiger charge is 2.48. The number of benzene rings is 1. The zero-order valence-electron chi connectivity index (χ0n) is 13.3. The molecule has 0 spiro atoms. The maximum absolute atomic E-state index is 6.57. The Kier molecular flexibility index (Phi) is 4.12. The van der Waals surface area contributed by atoms with Crippen LogP contribution in [0.4, 0.5) is 0 Å². The number of rotatable bonds is 4. The summed E-state index contributed by atoms with van der Waals surface area (Å²) >= 11 is 0. The molecule has 20 heavy (non-hydrogen) atoms. The van der Waals surface area contributed by atoms with E-state index in [4.69, 9.17) is 15.2 Å². The predicted octanol–water partition coefficient (Wildman–Crippen LogP) is 3.68. The molecule has 1 aliphatic heterocycles. The highest BCUT2D eigenvalue weighted by atomic mass is 16.5. The fraction of sp³-hybridized carbons (Fsp3) is 0.647. The van der Waals surface area contributed by atoms with Gasteiger partial charge in [-0.3, -0.25) is 0 Å². The Bertz CT molecular complexity index is 468. The van der Waals surface area contributed by atoms with Crippen LogP contribution in [0.5, 0.6) is 5.75 Å². The molecule has 0 saturated carbocycles. The van der Waals surface area contributed by atoms with Gasteiger partial charge in [0.25, 0.3) is 0 Å². The molecule has 1 saturated heterocycles. The van der Waals surface area contributed by atoms with E-state index < -0.39 is 0 Å². The highest BCUT2D eigenvalue weighted by Crippen LogP contribution is 2.47. The number of ether oxygens (including phenoxy) is 2. The monoisotopic (exact) mass is 277 g/mol. The molecule has 0 radical (unpaired) electrons. The van der Waals surface area contributed by atoms with Crippen molar-refractivity contribution in [2.45, 2.75) is 58.3 Å². The molecule has 0 aromatic heterocycles. The normalized spacial score (nSPS) is 25.4. The molecule has 2 N–H and O–H groups in total. The third-order valence-corrected chi connectivity index (χ3v) is 4.16.